The zero-order valence-corrected chi connectivity index (χ0v) is 20.7. The number of fused-ring (bicyclic) bond motifs is 2. The fraction of sp³-hybridized carbons (Fsp3) is 0.391. The number of hydrogen-bond donors (Lipinski definition) is 1. The molecule has 12 heteroatoms. The largest absolute Gasteiger partial charge is 0.416 e. The second kappa shape index (κ2) is 9.00. The first-order chi connectivity index (χ1) is 16.4. The van der Waals surface area contributed by atoms with E-state index >= 15 is 4.39 Å². The normalized spacial score (nSPS) is 16.4. The SMILES string of the molecule is CN(C)C(=O)Oc1ccc2c(c1)OC(=O)N(Cc1cccc(NS(=O)(=O)N(C)C)c1F)C21CCC1. The fourth-order valence-corrected chi connectivity index (χ4v) is 4.76. The molecule has 2 aromatic carbocycles. The molecule has 10 nitrogen and oxygen atoms in total. The quantitative estimate of drug-likeness (QED) is 0.643. The highest BCUT2D eigenvalue weighted by Gasteiger charge is 2.52. The van der Waals surface area contributed by atoms with E-state index in [1.807, 2.05) is 0 Å². The van der Waals surface area contributed by atoms with Gasteiger partial charge in [-0.3, -0.25) is 9.62 Å². The summed E-state index contributed by atoms with van der Waals surface area (Å²) in [6.45, 7) is -0.112. The molecule has 0 unspecified atom stereocenters. The predicted molar refractivity (Wildman–Crippen MR) is 126 cm³/mol. The van der Waals surface area contributed by atoms with Crippen molar-refractivity contribution < 1.29 is 31.9 Å². The number of rotatable bonds is 6. The van der Waals surface area contributed by atoms with E-state index in [2.05, 4.69) is 4.72 Å². The molecule has 0 saturated heterocycles. The predicted octanol–water partition coefficient (Wildman–Crippen LogP) is 3.50. The minimum Gasteiger partial charge on any atom is -0.410 e. The van der Waals surface area contributed by atoms with Crippen molar-refractivity contribution in [3.05, 3.63) is 53.3 Å². The Kier molecular flexibility index (Phi) is 6.36. The highest BCUT2D eigenvalue weighted by atomic mass is 32.2. The van der Waals surface area contributed by atoms with Gasteiger partial charge < -0.3 is 14.4 Å². The number of carbonyl (C=O) groups is 2. The topological polar surface area (TPSA) is 108 Å². The summed E-state index contributed by atoms with van der Waals surface area (Å²) in [7, 11) is 1.87. The monoisotopic (exact) mass is 506 g/mol. The highest BCUT2D eigenvalue weighted by Crippen LogP contribution is 2.53. The van der Waals surface area contributed by atoms with E-state index < -0.39 is 33.8 Å². The maximum absolute atomic E-state index is 15.3. The third-order valence-electron chi connectivity index (χ3n) is 6.27. The zero-order chi connectivity index (χ0) is 25.5. The molecule has 1 aliphatic heterocycles. The van der Waals surface area contributed by atoms with Crippen molar-refractivity contribution in [1.82, 2.24) is 14.1 Å². The van der Waals surface area contributed by atoms with Crippen LogP contribution >= 0.6 is 0 Å². The fourth-order valence-electron chi connectivity index (χ4n) is 4.14. The number of ether oxygens (including phenoxy) is 2. The van der Waals surface area contributed by atoms with Crippen LogP contribution in [0.1, 0.15) is 30.4 Å². The molecular weight excluding hydrogens is 479 g/mol. The third-order valence-corrected chi connectivity index (χ3v) is 7.71. The van der Waals surface area contributed by atoms with Crippen LogP contribution in [0.4, 0.5) is 19.7 Å². The molecule has 1 N–H and O–H groups in total. The number of nitrogens with one attached hydrogen (secondary N) is 1. The summed E-state index contributed by atoms with van der Waals surface area (Å²) in [6, 6.07) is 9.23. The standard InChI is InChI=1S/C23H27FN4O6S/c1-26(2)21(29)33-16-9-10-17-19(13-16)34-22(30)28(23(17)11-6-12-23)14-15-7-5-8-18(20(15)24)25-35(31,32)27(3)4/h5,7-10,13,25H,6,11-12,14H2,1-4H3. The van der Waals surface area contributed by atoms with Crippen LogP contribution in [0, 0.1) is 5.82 Å². The van der Waals surface area contributed by atoms with Crippen LogP contribution in [0.25, 0.3) is 0 Å². The Labute approximate surface area is 203 Å². The van der Waals surface area contributed by atoms with Gasteiger partial charge >= 0.3 is 22.4 Å². The lowest BCUT2D eigenvalue weighted by atomic mass is 9.69. The molecule has 0 atom stereocenters. The van der Waals surface area contributed by atoms with E-state index in [0.717, 1.165) is 16.3 Å². The first-order valence-corrected chi connectivity index (χ1v) is 12.4. The number of carbonyl (C=O) groups excluding carboxylic acids is 2. The summed E-state index contributed by atoms with van der Waals surface area (Å²) in [5.41, 5.74) is -0.0117. The summed E-state index contributed by atoms with van der Waals surface area (Å²) in [5.74, 6) is -0.231. The average Bonchev–Trinajstić information content (AvgIpc) is 2.75. The van der Waals surface area contributed by atoms with Gasteiger partial charge in [0.15, 0.2) is 5.82 Å². The maximum atomic E-state index is 15.3. The van der Waals surface area contributed by atoms with E-state index in [1.54, 1.807) is 26.2 Å². The second-order valence-electron chi connectivity index (χ2n) is 8.93. The average molecular weight is 507 g/mol. The molecule has 0 aromatic heterocycles. The summed E-state index contributed by atoms with van der Waals surface area (Å²) in [5, 5.41) is 0. The molecule has 0 bridgehead atoms. The molecule has 1 fully saturated rings. The van der Waals surface area contributed by atoms with Crippen molar-refractivity contribution in [3.8, 4) is 11.5 Å². The van der Waals surface area contributed by atoms with Crippen LogP contribution < -0.4 is 14.2 Å². The van der Waals surface area contributed by atoms with E-state index in [-0.39, 0.29) is 23.5 Å². The summed E-state index contributed by atoms with van der Waals surface area (Å²) < 4.78 is 53.6. The van der Waals surface area contributed by atoms with Crippen LogP contribution in [0.2, 0.25) is 0 Å². The van der Waals surface area contributed by atoms with Crippen molar-refractivity contribution in [1.29, 1.82) is 0 Å². The van der Waals surface area contributed by atoms with Crippen LogP contribution in [-0.2, 0) is 22.3 Å². The molecule has 1 heterocycles. The van der Waals surface area contributed by atoms with Crippen molar-refractivity contribution in [3.63, 3.8) is 0 Å². The molecule has 2 amide bonds. The third kappa shape index (κ3) is 4.50. The van der Waals surface area contributed by atoms with Gasteiger partial charge in [-0.05, 0) is 37.5 Å². The number of anilines is 1. The van der Waals surface area contributed by atoms with Crippen molar-refractivity contribution in [2.75, 3.05) is 32.9 Å². The van der Waals surface area contributed by atoms with Gasteiger partial charge in [-0.15, -0.1) is 0 Å². The maximum Gasteiger partial charge on any atom is 0.416 e. The molecule has 188 valence electrons. The van der Waals surface area contributed by atoms with Crippen LogP contribution in [0.15, 0.2) is 36.4 Å². The van der Waals surface area contributed by atoms with Gasteiger partial charge in [0.2, 0.25) is 0 Å². The Bertz CT molecular complexity index is 1280. The minimum atomic E-state index is -3.91. The van der Waals surface area contributed by atoms with Crippen molar-refractivity contribution >= 4 is 28.1 Å². The molecule has 1 aliphatic carbocycles. The summed E-state index contributed by atoms with van der Waals surface area (Å²) in [4.78, 5) is 27.7. The Morgan fingerprint density at radius 2 is 1.91 bits per heavy atom. The van der Waals surface area contributed by atoms with E-state index in [4.69, 9.17) is 9.47 Å². The number of halogens is 1. The lowest BCUT2D eigenvalue weighted by Crippen LogP contribution is -2.57. The lowest BCUT2D eigenvalue weighted by molar-refractivity contribution is 0.00113. The van der Waals surface area contributed by atoms with Crippen LogP contribution in [-0.4, -0.2) is 62.9 Å². The van der Waals surface area contributed by atoms with Crippen molar-refractivity contribution in [2.24, 2.45) is 0 Å². The Balaban J connectivity index is 1.64. The first kappa shape index (κ1) is 24.7. The first-order valence-electron chi connectivity index (χ1n) is 11.0. The number of benzene rings is 2. The van der Waals surface area contributed by atoms with E-state index in [0.29, 0.717) is 18.6 Å². The molecular formula is C23H27FN4O6S. The molecule has 1 spiro atoms. The van der Waals surface area contributed by atoms with Gasteiger partial charge in [0.25, 0.3) is 0 Å². The van der Waals surface area contributed by atoms with Gasteiger partial charge in [0, 0.05) is 45.4 Å². The van der Waals surface area contributed by atoms with E-state index in [9.17, 15) is 18.0 Å². The number of amides is 2. The Hall–Kier alpha value is -3.38. The minimum absolute atomic E-state index is 0.112. The number of nitrogens with zero attached hydrogens (tertiary/aromatic N) is 3. The molecule has 2 aromatic rings. The molecule has 2 aliphatic rings. The summed E-state index contributed by atoms with van der Waals surface area (Å²) >= 11 is 0. The smallest absolute Gasteiger partial charge is 0.410 e. The van der Waals surface area contributed by atoms with Gasteiger partial charge in [0.1, 0.15) is 11.5 Å². The van der Waals surface area contributed by atoms with Crippen molar-refractivity contribution in [2.45, 2.75) is 31.3 Å². The van der Waals surface area contributed by atoms with Gasteiger partial charge in [-0.1, -0.05) is 12.1 Å². The molecule has 4 rings (SSSR count). The van der Waals surface area contributed by atoms with Gasteiger partial charge in [0.05, 0.1) is 17.8 Å². The lowest BCUT2D eigenvalue weighted by Gasteiger charge is -2.52. The Morgan fingerprint density at radius 1 is 1.20 bits per heavy atom. The second-order valence-corrected chi connectivity index (χ2v) is 10.8. The van der Waals surface area contributed by atoms with Gasteiger partial charge in [-0.2, -0.15) is 12.7 Å². The number of hydrogen-bond acceptors (Lipinski definition) is 6. The van der Waals surface area contributed by atoms with Crippen LogP contribution in [0.5, 0.6) is 11.5 Å². The molecule has 35 heavy (non-hydrogen) atoms. The summed E-state index contributed by atoms with van der Waals surface area (Å²) in [6.07, 6.45) is 0.950. The Morgan fingerprint density at radius 3 is 2.51 bits per heavy atom. The molecule has 0 radical (unpaired) electrons. The van der Waals surface area contributed by atoms with E-state index in [1.165, 1.54) is 48.2 Å². The molecule has 1 saturated carbocycles. The van der Waals surface area contributed by atoms with Gasteiger partial charge in [-0.25, -0.2) is 14.0 Å². The van der Waals surface area contributed by atoms with Crippen LogP contribution in [0.3, 0.4) is 0 Å². The highest BCUT2D eigenvalue weighted by molar-refractivity contribution is 7.90. The zero-order valence-electron chi connectivity index (χ0n) is 19.9.